The highest BCUT2D eigenvalue weighted by Crippen LogP contribution is 2.28. The van der Waals surface area contributed by atoms with Crippen LogP contribution in [0.15, 0.2) is 29.3 Å². The van der Waals surface area contributed by atoms with Crippen LogP contribution in [0.5, 0.6) is 5.75 Å². The fourth-order valence-electron chi connectivity index (χ4n) is 3.09. The minimum Gasteiger partial charge on any atom is -0.494 e. The van der Waals surface area contributed by atoms with Gasteiger partial charge in [-0.2, -0.15) is 11.8 Å². The topological polar surface area (TPSA) is 45.7 Å². The maximum absolute atomic E-state index is 5.69. The Kier molecular flexibility index (Phi) is 8.29. The van der Waals surface area contributed by atoms with Gasteiger partial charge in [0.15, 0.2) is 5.96 Å². The quantitative estimate of drug-likeness (QED) is 0.557. The van der Waals surface area contributed by atoms with E-state index in [2.05, 4.69) is 35.9 Å². The Morgan fingerprint density at radius 3 is 2.83 bits per heavy atom. The van der Waals surface area contributed by atoms with E-state index in [0.717, 1.165) is 36.5 Å². The van der Waals surface area contributed by atoms with Crippen molar-refractivity contribution < 1.29 is 4.74 Å². The molecule has 1 aliphatic carbocycles. The van der Waals surface area contributed by atoms with Crippen molar-refractivity contribution in [2.24, 2.45) is 4.99 Å². The van der Waals surface area contributed by atoms with Gasteiger partial charge in [0.25, 0.3) is 0 Å². The third kappa shape index (κ3) is 5.93. The summed E-state index contributed by atoms with van der Waals surface area (Å²) in [7, 11) is 0. The largest absolute Gasteiger partial charge is 0.494 e. The Labute approximate surface area is 150 Å². The molecule has 1 fully saturated rings. The van der Waals surface area contributed by atoms with Gasteiger partial charge in [0.05, 0.1) is 6.61 Å². The van der Waals surface area contributed by atoms with Crippen molar-refractivity contribution in [3.05, 3.63) is 29.8 Å². The molecule has 24 heavy (non-hydrogen) atoms. The SMILES string of the molecule is CCNC(=NCCc1ccccc1OCC)NC1CCC(SC)C1. The summed E-state index contributed by atoms with van der Waals surface area (Å²) >= 11 is 1.98. The summed E-state index contributed by atoms with van der Waals surface area (Å²) in [5, 5.41) is 7.77. The molecular weight excluding hydrogens is 318 g/mol. The minimum atomic E-state index is 0.552. The van der Waals surface area contributed by atoms with E-state index in [4.69, 9.17) is 9.73 Å². The first-order valence-corrected chi connectivity index (χ1v) is 10.3. The van der Waals surface area contributed by atoms with Crippen LogP contribution in [0.1, 0.15) is 38.7 Å². The summed E-state index contributed by atoms with van der Waals surface area (Å²) in [5.74, 6) is 1.92. The summed E-state index contributed by atoms with van der Waals surface area (Å²) < 4.78 is 5.69. The molecule has 0 spiro atoms. The number of rotatable bonds is 8. The molecule has 1 saturated carbocycles. The summed E-state index contributed by atoms with van der Waals surface area (Å²) in [6.07, 6.45) is 6.88. The zero-order chi connectivity index (χ0) is 17.2. The van der Waals surface area contributed by atoms with E-state index in [1.165, 1.54) is 24.8 Å². The molecule has 2 rings (SSSR count). The number of guanidine groups is 1. The monoisotopic (exact) mass is 349 g/mol. The van der Waals surface area contributed by atoms with Crippen molar-refractivity contribution in [3.8, 4) is 5.75 Å². The number of benzene rings is 1. The highest BCUT2D eigenvalue weighted by molar-refractivity contribution is 7.99. The van der Waals surface area contributed by atoms with E-state index in [9.17, 15) is 0 Å². The Morgan fingerprint density at radius 2 is 2.12 bits per heavy atom. The number of nitrogens with zero attached hydrogens (tertiary/aromatic N) is 1. The average molecular weight is 350 g/mol. The zero-order valence-electron chi connectivity index (χ0n) is 15.2. The molecule has 4 nitrogen and oxygen atoms in total. The molecule has 0 aliphatic heterocycles. The van der Waals surface area contributed by atoms with Gasteiger partial charge in [-0.15, -0.1) is 0 Å². The Hall–Kier alpha value is -1.36. The lowest BCUT2D eigenvalue weighted by molar-refractivity contribution is 0.336. The normalized spacial score (nSPS) is 20.9. The van der Waals surface area contributed by atoms with Gasteiger partial charge in [-0.25, -0.2) is 0 Å². The highest BCUT2D eigenvalue weighted by atomic mass is 32.2. The number of ether oxygens (including phenoxy) is 1. The van der Waals surface area contributed by atoms with Crippen LogP contribution in [0, 0.1) is 0 Å². The van der Waals surface area contributed by atoms with E-state index in [1.54, 1.807) is 0 Å². The predicted octanol–water partition coefficient (Wildman–Crippen LogP) is 3.47. The number of hydrogen-bond donors (Lipinski definition) is 2. The van der Waals surface area contributed by atoms with E-state index >= 15 is 0 Å². The maximum atomic E-state index is 5.69. The van der Waals surface area contributed by atoms with Gasteiger partial charge >= 0.3 is 0 Å². The molecule has 1 aromatic rings. The van der Waals surface area contributed by atoms with Crippen molar-refractivity contribution in [2.75, 3.05) is 26.0 Å². The summed E-state index contributed by atoms with van der Waals surface area (Å²) in [6.45, 7) is 6.48. The lowest BCUT2D eigenvalue weighted by atomic mass is 10.1. The molecule has 0 aromatic heterocycles. The van der Waals surface area contributed by atoms with Crippen molar-refractivity contribution in [3.63, 3.8) is 0 Å². The molecule has 2 atom stereocenters. The second-order valence-corrected chi connectivity index (χ2v) is 7.20. The molecule has 0 heterocycles. The molecule has 0 saturated heterocycles. The van der Waals surface area contributed by atoms with Crippen LogP contribution in [0.4, 0.5) is 0 Å². The van der Waals surface area contributed by atoms with Crippen molar-refractivity contribution in [1.29, 1.82) is 0 Å². The van der Waals surface area contributed by atoms with Crippen LogP contribution in [-0.4, -0.2) is 43.2 Å². The Morgan fingerprint density at radius 1 is 1.29 bits per heavy atom. The molecular formula is C19H31N3OS. The first-order valence-electron chi connectivity index (χ1n) is 9.05. The lowest BCUT2D eigenvalue weighted by Crippen LogP contribution is -2.42. The Bertz CT molecular complexity index is 521. The first-order chi connectivity index (χ1) is 11.8. The fraction of sp³-hybridized carbons (Fsp3) is 0.632. The standard InChI is InChI=1S/C19H31N3OS/c1-4-20-19(22-16-10-11-17(14-16)24-3)21-13-12-15-8-6-7-9-18(15)23-5-2/h6-9,16-17H,4-5,10-14H2,1-3H3,(H2,20,21,22). The van der Waals surface area contributed by atoms with E-state index < -0.39 is 0 Å². The van der Waals surface area contributed by atoms with Gasteiger partial charge in [0, 0.05) is 24.4 Å². The molecule has 0 radical (unpaired) electrons. The summed E-state index contributed by atoms with van der Waals surface area (Å²) in [6, 6.07) is 8.79. The van der Waals surface area contributed by atoms with Gasteiger partial charge in [-0.05, 0) is 57.4 Å². The van der Waals surface area contributed by atoms with Crippen LogP contribution >= 0.6 is 11.8 Å². The number of hydrogen-bond acceptors (Lipinski definition) is 3. The highest BCUT2D eigenvalue weighted by Gasteiger charge is 2.24. The molecule has 5 heteroatoms. The second kappa shape index (κ2) is 10.5. The molecule has 1 aromatic carbocycles. The van der Waals surface area contributed by atoms with Crippen molar-refractivity contribution >= 4 is 17.7 Å². The zero-order valence-corrected chi connectivity index (χ0v) is 16.0. The molecule has 2 unspecified atom stereocenters. The van der Waals surface area contributed by atoms with Crippen molar-refractivity contribution in [1.82, 2.24) is 10.6 Å². The smallest absolute Gasteiger partial charge is 0.191 e. The summed E-state index contributed by atoms with van der Waals surface area (Å²) in [4.78, 5) is 4.76. The molecule has 2 N–H and O–H groups in total. The van der Waals surface area contributed by atoms with Gasteiger partial charge < -0.3 is 15.4 Å². The third-order valence-corrected chi connectivity index (χ3v) is 5.42. The number of aliphatic imine (C=N–C) groups is 1. The minimum absolute atomic E-state index is 0.552. The molecule has 0 bridgehead atoms. The lowest BCUT2D eigenvalue weighted by Gasteiger charge is -2.17. The van der Waals surface area contributed by atoms with E-state index in [0.29, 0.717) is 12.6 Å². The summed E-state index contributed by atoms with van der Waals surface area (Å²) in [5.41, 5.74) is 1.22. The van der Waals surface area contributed by atoms with Gasteiger partial charge in [-0.1, -0.05) is 18.2 Å². The van der Waals surface area contributed by atoms with Gasteiger partial charge in [-0.3, -0.25) is 4.99 Å². The molecule has 0 amide bonds. The van der Waals surface area contributed by atoms with Gasteiger partial charge in [0.1, 0.15) is 5.75 Å². The fourth-order valence-corrected chi connectivity index (χ4v) is 3.89. The van der Waals surface area contributed by atoms with Crippen LogP contribution in [0.25, 0.3) is 0 Å². The van der Waals surface area contributed by atoms with Crippen LogP contribution in [0.3, 0.4) is 0 Å². The van der Waals surface area contributed by atoms with E-state index in [1.807, 2.05) is 30.8 Å². The average Bonchev–Trinajstić information content (AvgIpc) is 3.04. The van der Waals surface area contributed by atoms with Crippen LogP contribution < -0.4 is 15.4 Å². The second-order valence-electron chi connectivity index (χ2n) is 6.06. The van der Waals surface area contributed by atoms with Gasteiger partial charge in [0.2, 0.25) is 0 Å². The maximum Gasteiger partial charge on any atom is 0.191 e. The van der Waals surface area contributed by atoms with E-state index in [-0.39, 0.29) is 0 Å². The molecule has 134 valence electrons. The Balaban J connectivity index is 1.89. The number of thioether (sulfide) groups is 1. The van der Waals surface area contributed by atoms with Crippen LogP contribution in [-0.2, 0) is 6.42 Å². The van der Waals surface area contributed by atoms with Crippen molar-refractivity contribution in [2.45, 2.75) is 50.8 Å². The number of nitrogens with one attached hydrogen (secondary N) is 2. The first kappa shape index (κ1) is 19.0. The number of para-hydroxylation sites is 1. The predicted molar refractivity (Wildman–Crippen MR) is 105 cm³/mol. The van der Waals surface area contributed by atoms with Crippen LogP contribution in [0.2, 0.25) is 0 Å². The third-order valence-electron chi connectivity index (χ3n) is 4.33. The molecule has 1 aliphatic rings.